The van der Waals surface area contributed by atoms with E-state index in [1.165, 1.54) is 0 Å². The molecule has 20 heavy (non-hydrogen) atoms. The highest BCUT2D eigenvalue weighted by molar-refractivity contribution is 5.97. The summed E-state index contributed by atoms with van der Waals surface area (Å²) < 4.78 is 0. The molecule has 2 rings (SSSR count). The molecule has 5 nitrogen and oxygen atoms in total. The third-order valence-electron chi connectivity index (χ3n) is 3.25. The Labute approximate surface area is 118 Å². The average molecular weight is 273 g/mol. The first-order valence-corrected chi connectivity index (χ1v) is 6.62. The van der Waals surface area contributed by atoms with E-state index in [-0.39, 0.29) is 17.9 Å². The highest BCUT2D eigenvalue weighted by Gasteiger charge is 2.18. The molecule has 0 radical (unpaired) electrons. The van der Waals surface area contributed by atoms with Crippen molar-refractivity contribution in [3.05, 3.63) is 36.2 Å². The number of hydrogen-bond acceptors (Lipinski definition) is 4. The summed E-state index contributed by atoms with van der Waals surface area (Å²) in [5, 5.41) is 11.9. The maximum Gasteiger partial charge on any atom is 0.251 e. The minimum atomic E-state index is -0.136. The van der Waals surface area contributed by atoms with Crippen molar-refractivity contribution in [2.75, 3.05) is 13.2 Å². The summed E-state index contributed by atoms with van der Waals surface area (Å²) in [6, 6.07) is 5.26. The second-order valence-electron chi connectivity index (χ2n) is 5.58. The van der Waals surface area contributed by atoms with Gasteiger partial charge in [0.15, 0.2) is 0 Å². The van der Waals surface area contributed by atoms with E-state index in [0.717, 1.165) is 5.52 Å². The maximum atomic E-state index is 12.1. The van der Waals surface area contributed by atoms with E-state index in [1.807, 2.05) is 13.8 Å². The van der Waals surface area contributed by atoms with Crippen LogP contribution in [0.2, 0.25) is 0 Å². The third kappa shape index (κ3) is 3.51. The molecule has 2 N–H and O–H groups in total. The van der Waals surface area contributed by atoms with Crippen LogP contribution in [0, 0.1) is 5.41 Å². The molecule has 0 bridgehead atoms. The van der Waals surface area contributed by atoms with Gasteiger partial charge < -0.3 is 10.4 Å². The number of nitrogens with zero attached hydrogens (tertiary/aromatic N) is 2. The molecule has 0 aliphatic rings. The lowest BCUT2D eigenvalue weighted by molar-refractivity contribution is 0.0928. The summed E-state index contributed by atoms with van der Waals surface area (Å²) in [5.41, 5.74) is 1.92. The molecule has 1 amide bonds. The van der Waals surface area contributed by atoms with Crippen molar-refractivity contribution in [1.29, 1.82) is 0 Å². The van der Waals surface area contributed by atoms with Gasteiger partial charge in [-0.1, -0.05) is 13.8 Å². The summed E-state index contributed by atoms with van der Waals surface area (Å²) in [6.07, 6.45) is 3.88. The van der Waals surface area contributed by atoms with Crippen LogP contribution in [-0.4, -0.2) is 34.1 Å². The number of hydrogen-bond donors (Lipinski definition) is 2. The Bertz CT molecular complexity index is 611. The molecule has 0 saturated carbocycles. The van der Waals surface area contributed by atoms with Gasteiger partial charge in [0.1, 0.15) is 0 Å². The van der Waals surface area contributed by atoms with Gasteiger partial charge in [0.25, 0.3) is 5.91 Å². The van der Waals surface area contributed by atoms with Gasteiger partial charge in [0, 0.05) is 31.1 Å². The molecule has 0 spiro atoms. The second-order valence-corrected chi connectivity index (χ2v) is 5.58. The van der Waals surface area contributed by atoms with E-state index in [0.29, 0.717) is 24.0 Å². The topological polar surface area (TPSA) is 75.1 Å². The number of carbonyl (C=O) groups excluding carboxylic acids is 1. The largest absolute Gasteiger partial charge is 0.396 e. The minimum Gasteiger partial charge on any atom is -0.396 e. The van der Waals surface area contributed by atoms with Gasteiger partial charge in [-0.3, -0.25) is 14.8 Å². The summed E-state index contributed by atoms with van der Waals surface area (Å²) in [6.45, 7) is 4.66. The van der Waals surface area contributed by atoms with Crippen LogP contribution in [0.15, 0.2) is 30.6 Å². The van der Waals surface area contributed by atoms with E-state index in [2.05, 4.69) is 15.3 Å². The zero-order chi connectivity index (χ0) is 14.6. The number of amides is 1. The molecule has 0 unspecified atom stereocenters. The molecule has 1 heterocycles. The number of carbonyl (C=O) groups is 1. The maximum absolute atomic E-state index is 12.1. The fraction of sp³-hybridized carbons (Fsp3) is 0.400. The Balaban J connectivity index is 2.08. The van der Waals surface area contributed by atoms with Crippen LogP contribution < -0.4 is 5.32 Å². The number of fused-ring (bicyclic) bond motifs is 1. The van der Waals surface area contributed by atoms with Crippen LogP contribution in [0.4, 0.5) is 0 Å². The molecule has 2 aromatic rings. The molecule has 0 fully saturated rings. The van der Waals surface area contributed by atoms with E-state index in [1.54, 1.807) is 30.6 Å². The molecular weight excluding hydrogens is 254 g/mol. The van der Waals surface area contributed by atoms with E-state index < -0.39 is 0 Å². The Kier molecular flexibility index (Phi) is 4.29. The third-order valence-corrected chi connectivity index (χ3v) is 3.25. The predicted molar refractivity (Wildman–Crippen MR) is 77.4 cm³/mol. The van der Waals surface area contributed by atoms with E-state index >= 15 is 0 Å². The van der Waals surface area contributed by atoms with Crippen molar-refractivity contribution in [3.63, 3.8) is 0 Å². The van der Waals surface area contributed by atoms with Crippen molar-refractivity contribution in [1.82, 2.24) is 15.3 Å². The van der Waals surface area contributed by atoms with Gasteiger partial charge in [-0.15, -0.1) is 0 Å². The lowest BCUT2D eigenvalue weighted by atomic mass is 9.89. The van der Waals surface area contributed by atoms with Gasteiger partial charge in [-0.2, -0.15) is 0 Å². The zero-order valence-electron chi connectivity index (χ0n) is 11.8. The molecular formula is C15H19N3O2. The number of rotatable bonds is 5. The minimum absolute atomic E-state index is 0.119. The molecule has 0 saturated heterocycles. The molecule has 5 heteroatoms. The van der Waals surface area contributed by atoms with E-state index in [9.17, 15) is 4.79 Å². The summed E-state index contributed by atoms with van der Waals surface area (Å²) >= 11 is 0. The molecule has 1 aromatic heterocycles. The monoisotopic (exact) mass is 273 g/mol. The van der Waals surface area contributed by atoms with Crippen LogP contribution in [0.3, 0.4) is 0 Å². The van der Waals surface area contributed by atoms with Gasteiger partial charge >= 0.3 is 0 Å². The van der Waals surface area contributed by atoms with Crippen LogP contribution in [0.5, 0.6) is 0 Å². The quantitative estimate of drug-likeness (QED) is 0.870. The Hall–Kier alpha value is -2.01. The fourth-order valence-corrected chi connectivity index (χ4v) is 1.92. The van der Waals surface area contributed by atoms with Crippen LogP contribution in [0.1, 0.15) is 30.6 Å². The van der Waals surface area contributed by atoms with E-state index in [4.69, 9.17) is 5.11 Å². The first kappa shape index (κ1) is 14.4. The SMILES string of the molecule is CC(C)(CCO)CNC(=O)c1ccc2nccnc2c1. The smallest absolute Gasteiger partial charge is 0.251 e. The average Bonchev–Trinajstić information content (AvgIpc) is 2.44. The normalized spacial score (nSPS) is 11.6. The summed E-state index contributed by atoms with van der Waals surface area (Å²) in [4.78, 5) is 20.5. The van der Waals surface area contributed by atoms with Crippen molar-refractivity contribution < 1.29 is 9.90 Å². The number of aliphatic hydroxyl groups is 1. The second kappa shape index (κ2) is 5.96. The first-order chi connectivity index (χ1) is 9.52. The number of aromatic nitrogens is 2. The molecule has 0 aliphatic carbocycles. The Morgan fingerprint density at radius 3 is 2.65 bits per heavy atom. The fourth-order valence-electron chi connectivity index (χ4n) is 1.92. The van der Waals surface area contributed by atoms with Crippen LogP contribution in [0.25, 0.3) is 11.0 Å². The Morgan fingerprint density at radius 2 is 1.95 bits per heavy atom. The Morgan fingerprint density at radius 1 is 1.25 bits per heavy atom. The number of aliphatic hydroxyl groups excluding tert-OH is 1. The predicted octanol–water partition coefficient (Wildman–Crippen LogP) is 1.77. The van der Waals surface area contributed by atoms with Gasteiger partial charge in [0.05, 0.1) is 11.0 Å². The summed E-state index contributed by atoms with van der Waals surface area (Å²) in [5.74, 6) is -0.136. The van der Waals surface area contributed by atoms with Gasteiger partial charge in [-0.05, 0) is 30.0 Å². The first-order valence-electron chi connectivity index (χ1n) is 6.62. The van der Waals surface area contributed by atoms with Crippen molar-refractivity contribution in [2.45, 2.75) is 20.3 Å². The van der Waals surface area contributed by atoms with Gasteiger partial charge in [-0.25, -0.2) is 0 Å². The summed E-state index contributed by atoms with van der Waals surface area (Å²) in [7, 11) is 0. The van der Waals surface area contributed by atoms with Gasteiger partial charge in [0.2, 0.25) is 0 Å². The number of benzene rings is 1. The number of nitrogens with one attached hydrogen (secondary N) is 1. The standard InChI is InChI=1S/C15H19N3O2/c1-15(2,5-8-19)10-18-14(20)11-3-4-12-13(9-11)17-7-6-16-12/h3-4,6-7,9,19H,5,8,10H2,1-2H3,(H,18,20). The van der Waals surface area contributed by atoms with Crippen molar-refractivity contribution >= 4 is 16.9 Å². The van der Waals surface area contributed by atoms with Crippen LogP contribution in [-0.2, 0) is 0 Å². The lowest BCUT2D eigenvalue weighted by Gasteiger charge is -2.23. The highest BCUT2D eigenvalue weighted by Crippen LogP contribution is 2.18. The zero-order valence-corrected chi connectivity index (χ0v) is 11.8. The van der Waals surface area contributed by atoms with Crippen molar-refractivity contribution in [2.24, 2.45) is 5.41 Å². The molecule has 1 aromatic carbocycles. The molecule has 106 valence electrons. The van der Waals surface area contributed by atoms with Crippen LogP contribution >= 0.6 is 0 Å². The van der Waals surface area contributed by atoms with Crippen molar-refractivity contribution in [3.8, 4) is 0 Å². The highest BCUT2D eigenvalue weighted by atomic mass is 16.3. The molecule has 0 atom stereocenters. The molecule has 0 aliphatic heterocycles. The lowest BCUT2D eigenvalue weighted by Crippen LogP contribution is -2.34.